The van der Waals surface area contributed by atoms with E-state index in [9.17, 15) is 14.5 Å². The summed E-state index contributed by atoms with van der Waals surface area (Å²) >= 11 is 0. The summed E-state index contributed by atoms with van der Waals surface area (Å²) in [5.41, 5.74) is 3.90. The van der Waals surface area contributed by atoms with Gasteiger partial charge in [0.05, 0.1) is 24.6 Å². The van der Waals surface area contributed by atoms with Gasteiger partial charge in [-0.3, -0.25) is 9.32 Å². The number of alkyl halides is 1. The van der Waals surface area contributed by atoms with Gasteiger partial charge in [-0.05, 0) is 39.3 Å². The van der Waals surface area contributed by atoms with E-state index in [1.807, 2.05) is 6.92 Å². The lowest BCUT2D eigenvalue weighted by molar-refractivity contribution is -0.150. The number of nitrogen functional groups attached to an aromatic ring is 1. The molecule has 0 saturated carbocycles. The number of ether oxygens (including phenoxy) is 2. The lowest BCUT2D eigenvalue weighted by atomic mass is 9.93. The molecular formula is C24H32FN6O7P. The molecule has 39 heavy (non-hydrogen) atoms. The second kappa shape index (κ2) is 11.5. The summed E-state index contributed by atoms with van der Waals surface area (Å²) in [6, 6.07) is 7.08. The van der Waals surface area contributed by atoms with E-state index in [1.54, 1.807) is 37.3 Å². The van der Waals surface area contributed by atoms with Crippen LogP contribution in [0.15, 0.2) is 42.9 Å². The first-order valence-electron chi connectivity index (χ1n) is 12.4. The Morgan fingerprint density at radius 2 is 2.05 bits per heavy atom. The van der Waals surface area contributed by atoms with Crippen molar-refractivity contribution in [2.45, 2.75) is 70.2 Å². The van der Waals surface area contributed by atoms with E-state index in [2.05, 4.69) is 20.2 Å². The number of aromatic nitrogens is 4. The van der Waals surface area contributed by atoms with E-state index in [4.69, 9.17) is 24.3 Å². The number of halogens is 1. The van der Waals surface area contributed by atoms with Crippen LogP contribution in [0.5, 0.6) is 5.75 Å². The quantitative estimate of drug-likeness (QED) is 0.229. The number of benzene rings is 1. The van der Waals surface area contributed by atoms with Gasteiger partial charge >= 0.3 is 13.7 Å². The first-order chi connectivity index (χ1) is 18.4. The number of rotatable bonds is 11. The Labute approximate surface area is 224 Å². The Morgan fingerprint density at radius 3 is 2.74 bits per heavy atom. The molecule has 2 aromatic heterocycles. The van der Waals surface area contributed by atoms with Gasteiger partial charge in [0.2, 0.25) is 0 Å². The summed E-state index contributed by atoms with van der Waals surface area (Å²) in [7, 11) is -4.27. The van der Waals surface area contributed by atoms with Crippen LogP contribution >= 0.6 is 7.75 Å². The second-order valence-electron chi connectivity index (χ2n) is 9.42. The van der Waals surface area contributed by atoms with E-state index in [0.29, 0.717) is 6.42 Å². The van der Waals surface area contributed by atoms with E-state index in [1.165, 1.54) is 24.0 Å². The van der Waals surface area contributed by atoms with Gasteiger partial charge < -0.3 is 24.8 Å². The number of hydrogen-bond donors (Lipinski definition) is 3. The molecule has 0 spiro atoms. The zero-order valence-corrected chi connectivity index (χ0v) is 22.8. The Morgan fingerprint density at radius 1 is 1.33 bits per heavy atom. The van der Waals surface area contributed by atoms with Crippen molar-refractivity contribution in [2.24, 2.45) is 0 Å². The first-order valence-corrected chi connectivity index (χ1v) is 13.9. The van der Waals surface area contributed by atoms with Crippen LogP contribution in [0.2, 0.25) is 0 Å². The van der Waals surface area contributed by atoms with Crippen LogP contribution < -0.4 is 15.3 Å². The predicted molar refractivity (Wildman–Crippen MR) is 137 cm³/mol. The Hall–Kier alpha value is -3.16. The lowest BCUT2D eigenvalue weighted by Gasteiger charge is -2.25. The van der Waals surface area contributed by atoms with Crippen LogP contribution in [-0.2, 0) is 23.4 Å². The number of nitrogens with two attached hydrogens (primary N) is 1. The first kappa shape index (κ1) is 28.8. The Kier molecular flexibility index (Phi) is 8.52. The average molecular weight is 567 g/mol. The maximum atomic E-state index is 15.8. The van der Waals surface area contributed by atoms with Crippen molar-refractivity contribution in [3.05, 3.63) is 48.5 Å². The van der Waals surface area contributed by atoms with Gasteiger partial charge in [0.25, 0.3) is 0 Å². The summed E-state index contributed by atoms with van der Waals surface area (Å²) in [5, 5.41) is 17.4. The van der Waals surface area contributed by atoms with Crippen molar-refractivity contribution in [3.63, 3.8) is 0 Å². The molecule has 15 heteroatoms. The van der Waals surface area contributed by atoms with Gasteiger partial charge in [-0.15, -0.1) is 0 Å². The minimum Gasteiger partial charge on any atom is -0.462 e. The molecule has 1 aliphatic heterocycles. The molecule has 1 saturated heterocycles. The van der Waals surface area contributed by atoms with Crippen LogP contribution in [-0.4, -0.2) is 67.3 Å². The molecule has 1 unspecified atom stereocenters. The summed E-state index contributed by atoms with van der Waals surface area (Å²) in [5.74, 6) is -0.381. The number of aliphatic hydroxyl groups excluding tert-OH is 1. The number of imidazole rings is 1. The molecule has 1 aliphatic rings. The molecule has 0 aliphatic carbocycles. The molecule has 212 valence electrons. The standard InChI is InChI=1S/C24H32FN6O7P/c1-5-14(2)36-23(33)15(3)30-39(34,38-16-9-7-6-8-10-16)35-12-18-19(32)24(4,25)20(37-18)17-11-27-22-21(26)28-13-29-31(17)22/h6-11,13-15,18-20,32H,5,12H2,1-4H3,(H,30,34)(H2,26,28,29)/t14-,15+,18+,19+,20-,24+,39?/m0/s1. The van der Waals surface area contributed by atoms with Crippen LogP contribution in [0.1, 0.15) is 45.9 Å². The average Bonchev–Trinajstić information content (AvgIpc) is 3.42. The number of carbonyl (C=O) groups is 1. The molecule has 4 rings (SSSR count). The predicted octanol–water partition coefficient (Wildman–Crippen LogP) is 2.76. The molecule has 1 aromatic carbocycles. The lowest BCUT2D eigenvalue weighted by Crippen LogP contribution is -2.41. The SMILES string of the molecule is CC[C@H](C)OC(=O)[C@@H](C)NP(=O)(OC[C@H]1O[C@@H](c2cnc3c(N)ncnn23)[C@](C)(F)[C@@H]1O)Oc1ccccc1. The summed E-state index contributed by atoms with van der Waals surface area (Å²) in [6.45, 7) is 5.65. The van der Waals surface area contributed by atoms with Crippen molar-refractivity contribution in [1.82, 2.24) is 24.7 Å². The van der Waals surface area contributed by atoms with Crippen molar-refractivity contribution in [1.29, 1.82) is 0 Å². The number of nitrogens with one attached hydrogen (secondary N) is 1. The normalized spacial score (nSPS) is 26.2. The number of fused-ring (bicyclic) bond motifs is 1. The zero-order chi connectivity index (χ0) is 28.4. The van der Waals surface area contributed by atoms with Crippen molar-refractivity contribution >= 4 is 25.2 Å². The van der Waals surface area contributed by atoms with Gasteiger partial charge in [-0.2, -0.15) is 10.2 Å². The summed E-state index contributed by atoms with van der Waals surface area (Å²) < 4.78 is 53.2. The molecule has 0 amide bonds. The summed E-state index contributed by atoms with van der Waals surface area (Å²) in [6.07, 6.45) is -1.52. The highest BCUT2D eigenvalue weighted by Gasteiger charge is 2.56. The maximum absolute atomic E-state index is 15.8. The largest absolute Gasteiger partial charge is 0.462 e. The molecule has 0 bridgehead atoms. The molecule has 4 N–H and O–H groups in total. The fourth-order valence-corrected chi connectivity index (χ4v) is 5.48. The van der Waals surface area contributed by atoms with Gasteiger partial charge in [0.15, 0.2) is 17.1 Å². The van der Waals surface area contributed by atoms with E-state index in [0.717, 1.165) is 6.92 Å². The van der Waals surface area contributed by atoms with Crippen LogP contribution in [0.25, 0.3) is 5.65 Å². The molecule has 7 atom stereocenters. The van der Waals surface area contributed by atoms with Crippen molar-refractivity contribution in [3.8, 4) is 5.75 Å². The van der Waals surface area contributed by atoms with Crippen molar-refractivity contribution in [2.75, 3.05) is 12.3 Å². The number of anilines is 1. The van der Waals surface area contributed by atoms with Crippen molar-refractivity contribution < 1.29 is 37.4 Å². The second-order valence-corrected chi connectivity index (χ2v) is 11.1. The highest BCUT2D eigenvalue weighted by molar-refractivity contribution is 7.52. The van der Waals surface area contributed by atoms with Gasteiger partial charge in [0, 0.05) is 0 Å². The van der Waals surface area contributed by atoms with Crippen LogP contribution in [0, 0.1) is 0 Å². The van der Waals surface area contributed by atoms with Gasteiger partial charge in [0.1, 0.15) is 36.4 Å². The fraction of sp³-hybridized carbons (Fsp3) is 0.500. The molecule has 0 radical (unpaired) electrons. The zero-order valence-electron chi connectivity index (χ0n) is 21.9. The van der Waals surface area contributed by atoms with E-state index < -0.39 is 50.3 Å². The highest BCUT2D eigenvalue weighted by Crippen LogP contribution is 2.48. The minimum atomic E-state index is -4.27. The smallest absolute Gasteiger partial charge is 0.459 e. The molecule has 3 heterocycles. The van der Waals surface area contributed by atoms with Gasteiger partial charge in [-0.1, -0.05) is 25.1 Å². The number of nitrogens with zero attached hydrogens (tertiary/aromatic N) is 4. The summed E-state index contributed by atoms with van der Waals surface area (Å²) in [4.78, 5) is 20.5. The molecular weight excluding hydrogens is 534 g/mol. The Bertz CT molecular complexity index is 1340. The van der Waals surface area contributed by atoms with E-state index in [-0.39, 0.29) is 29.0 Å². The third-order valence-corrected chi connectivity index (χ3v) is 8.00. The molecule has 1 fully saturated rings. The number of para-hydroxylation sites is 1. The van der Waals surface area contributed by atoms with Gasteiger partial charge in [-0.25, -0.2) is 23.4 Å². The topological polar surface area (TPSA) is 172 Å². The minimum absolute atomic E-state index is 0.0845. The fourth-order valence-electron chi connectivity index (χ4n) is 3.98. The number of hydrogen-bond acceptors (Lipinski definition) is 11. The van der Waals surface area contributed by atoms with E-state index >= 15 is 4.39 Å². The number of esters is 1. The van der Waals surface area contributed by atoms with Crippen LogP contribution in [0.3, 0.4) is 0 Å². The maximum Gasteiger partial charge on any atom is 0.459 e. The molecule has 13 nitrogen and oxygen atoms in total. The number of carbonyl (C=O) groups excluding carboxylic acids is 1. The monoisotopic (exact) mass is 566 g/mol. The third-order valence-electron chi connectivity index (χ3n) is 6.36. The molecule has 3 aromatic rings. The highest BCUT2D eigenvalue weighted by atomic mass is 31.2. The number of aliphatic hydroxyl groups is 1. The Balaban J connectivity index is 1.53. The third kappa shape index (κ3) is 6.20. The van der Waals surface area contributed by atoms with Crippen LogP contribution in [0.4, 0.5) is 10.2 Å².